The van der Waals surface area contributed by atoms with Crippen LogP contribution in [-0.4, -0.2) is 12.5 Å². The molecule has 0 saturated heterocycles. The van der Waals surface area contributed by atoms with E-state index < -0.39 is 0 Å². The van der Waals surface area contributed by atoms with Gasteiger partial charge in [0.15, 0.2) is 0 Å². The molecule has 2 rings (SSSR count). The first kappa shape index (κ1) is 15.1. The molecule has 0 radical (unpaired) electrons. The SMILES string of the molecule is CCNc1ccc(Cl)cc1C(=O)Nc1ccccc1I. The minimum absolute atomic E-state index is 0.174. The summed E-state index contributed by atoms with van der Waals surface area (Å²) in [7, 11) is 0. The van der Waals surface area contributed by atoms with Gasteiger partial charge in [0.1, 0.15) is 0 Å². The van der Waals surface area contributed by atoms with E-state index in [9.17, 15) is 4.79 Å². The normalized spacial score (nSPS) is 10.2. The minimum Gasteiger partial charge on any atom is -0.385 e. The highest BCUT2D eigenvalue weighted by Crippen LogP contribution is 2.23. The van der Waals surface area contributed by atoms with Gasteiger partial charge in [0, 0.05) is 20.8 Å². The fourth-order valence-corrected chi connectivity index (χ4v) is 2.50. The molecular formula is C15H14ClIN2O. The molecule has 0 bridgehead atoms. The molecule has 1 amide bonds. The standard InChI is InChI=1S/C15H14ClIN2O/c1-2-18-13-8-7-10(16)9-11(13)15(20)19-14-6-4-3-5-12(14)17/h3-9,18H,2H2,1H3,(H,19,20). The van der Waals surface area contributed by atoms with Crippen molar-refractivity contribution in [3.63, 3.8) is 0 Å². The van der Waals surface area contributed by atoms with Crippen LogP contribution < -0.4 is 10.6 Å². The van der Waals surface area contributed by atoms with Crippen molar-refractivity contribution in [3.8, 4) is 0 Å². The minimum atomic E-state index is -0.174. The Balaban J connectivity index is 2.29. The van der Waals surface area contributed by atoms with Gasteiger partial charge in [-0.2, -0.15) is 0 Å². The van der Waals surface area contributed by atoms with Gasteiger partial charge < -0.3 is 10.6 Å². The molecule has 0 spiro atoms. The molecule has 0 unspecified atom stereocenters. The van der Waals surface area contributed by atoms with Crippen molar-refractivity contribution < 1.29 is 4.79 Å². The van der Waals surface area contributed by atoms with Crippen LogP contribution in [0.25, 0.3) is 0 Å². The van der Waals surface area contributed by atoms with Crippen molar-refractivity contribution in [2.24, 2.45) is 0 Å². The fraction of sp³-hybridized carbons (Fsp3) is 0.133. The summed E-state index contributed by atoms with van der Waals surface area (Å²) in [6.07, 6.45) is 0. The second kappa shape index (κ2) is 6.95. The fourth-order valence-electron chi connectivity index (χ4n) is 1.80. The molecule has 0 aromatic heterocycles. The van der Waals surface area contributed by atoms with E-state index in [1.165, 1.54) is 0 Å². The number of benzene rings is 2. The molecule has 3 nitrogen and oxygen atoms in total. The Hall–Kier alpha value is -1.27. The predicted molar refractivity (Wildman–Crippen MR) is 92.7 cm³/mol. The Labute approximate surface area is 136 Å². The van der Waals surface area contributed by atoms with Crippen molar-refractivity contribution in [1.29, 1.82) is 0 Å². The molecule has 0 aliphatic heterocycles. The highest BCUT2D eigenvalue weighted by Gasteiger charge is 2.13. The second-order valence-electron chi connectivity index (χ2n) is 4.15. The summed E-state index contributed by atoms with van der Waals surface area (Å²) in [6.45, 7) is 2.72. The van der Waals surface area contributed by atoms with E-state index in [-0.39, 0.29) is 5.91 Å². The van der Waals surface area contributed by atoms with E-state index in [4.69, 9.17) is 11.6 Å². The molecule has 0 heterocycles. The second-order valence-corrected chi connectivity index (χ2v) is 5.75. The number of amides is 1. The lowest BCUT2D eigenvalue weighted by Crippen LogP contribution is -2.15. The van der Waals surface area contributed by atoms with Gasteiger partial charge in [0.05, 0.1) is 11.3 Å². The Morgan fingerprint density at radius 3 is 2.65 bits per heavy atom. The number of hydrogen-bond acceptors (Lipinski definition) is 2. The highest BCUT2D eigenvalue weighted by molar-refractivity contribution is 14.1. The number of carbonyl (C=O) groups is 1. The third-order valence-corrected chi connectivity index (χ3v) is 3.89. The number of nitrogens with one attached hydrogen (secondary N) is 2. The summed E-state index contributed by atoms with van der Waals surface area (Å²) in [5, 5.41) is 6.61. The molecule has 104 valence electrons. The van der Waals surface area contributed by atoms with Crippen LogP contribution in [0.15, 0.2) is 42.5 Å². The Bertz CT molecular complexity index is 631. The molecule has 0 fully saturated rings. The molecule has 0 aliphatic rings. The van der Waals surface area contributed by atoms with Crippen molar-refractivity contribution in [3.05, 3.63) is 56.6 Å². The Kier molecular flexibility index (Phi) is 5.25. The van der Waals surface area contributed by atoms with E-state index in [1.54, 1.807) is 12.1 Å². The quantitative estimate of drug-likeness (QED) is 0.735. The van der Waals surface area contributed by atoms with E-state index in [0.717, 1.165) is 21.5 Å². The van der Waals surface area contributed by atoms with Crippen molar-refractivity contribution in [2.45, 2.75) is 6.92 Å². The smallest absolute Gasteiger partial charge is 0.257 e. The Morgan fingerprint density at radius 1 is 1.20 bits per heavy atom. The maximum absolute atomic E-state index is 12.4. The zero-order valence-electron chi connectivity index (χ0n) is 10.9. The van der Waals surface area contributed by atoms with Gasteiger partial charge in [-0.25, -0.2) is 0 Å². The largest absolute Gasteiger partial charge is 0.385 e. The Morgan fingerprint density at radius 2 is 1.95 bits per heavy atom. The molecule has 2 N–H and O–H groups in total. The number of hydrogen-bond donors (Lipinski definition) is 2. The molecule has 2 aromatic rings. The lowest BCUT2D eigenvalue weighted by Gasteiger charge is -2.12. The van der Waals surface area contributed by atoms with Gasteiger partial charge >= 0.3 is 0 Å². The lowest BCUT2D eigenvalue weighted by molar-refractivity contribution is 0.102. The van der Waals surface area contributed by atoms with Gasteiger partial charge in [-0.3, -0.25) is 4.79 Å². The first-order valence-electron chi connectivity index (χ1n) is 6.21. The summed E-state index contributed by atoms with van der Waals surface area (Å²) in [5.41, 5.74) is 2.11. The van der Waals surface area contributed by atoms with Gasteiger partial charge in [-0.1, -0.05) is 23.7 Å². The number of para-hydroxylation sites is 1. The van der Waals surface area contributed by atoms with Crippen LogP contribution in [0, 0.1) is 3.57 Å². The maximum atomic E-state index is 12.4. The topological polar surface area (TPSA) is 41.1 Å². The van der Waals surface area contributed by atoms with Crippen LogP contribution >= 0.6 is 34.2 Å². The number of rotatable bonds is 4. The summed E-state index contributed by atoms with van der Waals surface area (Å²) in [5.74, 6) is -0.174. The van der Waals surface area contributed by atoms with Crippen LogP contribution in [0.5, 0.6) is 0 Å². The van der Waals surface area contributed by atoms with Crippen LogP contribution in [-0.2, 0) is 0 Å². The van der Waals surface area contributed by atoms with Crippen molar-refractivity contribution in [1.82, 2.24) is 0 Å². The molecule has 2 aromatic carbocycles. The van der Waals surface area contributed by atoms with Gasteiger partial charge in [0.25, 0.3) is 5.91 Å². The molecule has 20 heavy (non-hydrogen) atoms. The van der Waals surface area contributed by atoms with Crippen LogP contribution in [0.1, 0.15) is 17.3 Å². The maximum Gasteiger partial charge on any atom is 0.257 e. The van der Waals surface area contributed by atoms with Gasteiger partial charge in [-0.15, -0.1) is 0 Å². The van der Waals surface area contributed by atoms with Crippen molar-refractivity contribution in [2.75, 3.05) is 17.2 Å². The molecule has 0 atom stereocenters. The zero-order valence-corrected chi connectivity index (χ0v) is 13.8. The van der Waals surface area contributed by atoms with E-state index in [1.807, 2.05) is 37.3 Å². The van der Waals surface area contributed by atoms with Crippen LogP contribution in [0.4, 0.5) is 11.4 Å². The number of carbonyl (C=O) groups excluding carboxylic acids is 1. The van der Waals surface area contributed by atoms with Gasteiger partial charge in [-0.05, 0) is 59.8 Å². The zero-order chi connectivity index (χ0) is 14.5. The van der Waals surface area contributed by atoms with Crippen LogP contribution in [0.3, 0.4) is 0 Å². The van der Waals surface area contributed by atoms with Crippen LogP contribution in [0.2, 0.25) is 5.02 Å². The molecular weight excluding hydrogens is 387 g/mol. The summed E-state index contributed by atoms with van der Waals surface area (Å²) in [4.78, 5) is 12.4. The summed E-state index contributed by atoms with van der Waals surface area (Å²) >= 11 is 8.17. The number of anilines is 2. The van der Waals surface area contributed by atoms with Gasteiger partial charge in [0.2, 0.25) is 0 Å². The van der Waals surface area contributed by atoms with E-state index >= 15 is 0 Å². The number of halogens is 2. The van der Waals surface area contributed by atoms with E-state index in [2.05, 4.69) is 33.2 Å². The average Bonchev–Trinajstić information content (AvgIpc) is 2.43. The molecule has 5 heteroatoms. The summed E-state index contributed by atoms with van der Waals surface area (Å²) < 4.78 is 0.991. The highest BCUT2D eigenvalue weighted by atomic mass is 127. The average molecular weight is 401 g/mol. The molecule has 0 saturated carbocycles. The third-order valence-electron chi connectivity index (χ3n) is 2.72. The monoisotopic (exact) mass is 400 g/mol. The van der Waals surface area contributed by atoms with Crippen molar-refractivity contribution >= 4 is 51.5 Å². The first-order chi connectivity index (χ1) is 9.61. The third kappa shape index (κ3) is 3.64. The summed E-state index contributed by atoms with van der Waals surface area (Å²) in [6, 6.07) is 12.9. The lowest BCUT2D eigenvalue weighted by atomic mass is 10.1. The first-order valence-corrected chi connectivity index (χ1v) is 7.66. The predicted octanol–water partition coefficient (Wildman–Crippen LogP) is 4.63. The van der Waals surface area contributed by atoms with E-state index in [0.29, 0.717) is 10.6 Å². The molecule has 0 aliphatic carbocycles.